The monoisotopic (exact) mass is 530 g/mol. The summed E-state index contributed by atoms with van der Waals surface area (Å²) >= 11 is 0. The summed E-state index contributed by atoms with van der Waals surface area (Å²) in [7, 11) is 6.85. The summed E-state index contributed by atoms with van der Waals surface area (Å²) < 4.78 is 16.8. The number of ether oxygens (including phenoxy) is 3. The molecule has 1 atom stereocenters. The van der Waals surface area contributed by atoms with Gasteiger partial charge in [-0.3, -0.25) is 9.59 Å². The van der Waals surface area contributed by atoms with Crippen molar-refractivity contribution in [2.24, 2.45) is 0 Å². The van der Waals surface area contributed by atoms with E-state index in [1.165, 1.54) is 19.1 Å². The molecular formula is C31H34N2O6. The number of aliphatic hydroxyl groups is 1. The number of ketones is 1. The molecule has 1 aliphatic heterocycles. The summed E-state index contributed by atoms with van der Waals surface area (Å²) in [4.78, 5) is 30.0. The number of benzene rings is 3. The summed E-state index contributed by atoms with van der Waals surface area (Å²) in [6.45, 7) is 3.09. The minimum atomic E-state index is -0.793. The predicted octanol–water partition coefficient (Wildman–Crippen LogP) is 4.57. The third-order valence-electron chi connectivity index (χ3n) is 6.75. The number of rotatable bonds is 10. The molecular weight excluding hydrogens is 496 g/mol. The predicted molar refractivity (Wildman–Crippen MR) is 149 cm³/mol. The number of carbonyl (C=O) groups excluding carboxylic acids is 2. The summed E-state index contributed by atoms with van der Waals surface area (Å²) in [6.07, 6.45) is 0. The Morgan fingerprint density at radius 3 is 2.31 bits per heavy atom. The third-order valence-corrected chi connectivity index (χ3v) is 6.75. The highest BCUT2D eigenvalue weighted by molar-refractivity contribution is 6.46. The van der Waals surface area contributed by atoms with Crippen molar-refractivity contribution >= 4 is 17.4 Å². The van der Waals surface area contributed by atoms with Crippen LogP contribution in [0.5, 0.6) is 17.2 Å². The number of hydrogen-bond donors (Lipinski definition) is 1. The van der Waals surface area contributed by atoms with Crippen LogP contribution >= 0.6 is 0 Å². The number of Topliss-reactive ketones (excluding diaryl/α,β-unsaturated/α-hetero) is 1. The lowest BCUT2D eigenvalue weighted by atomic mass is 9.93. The van der Waals surface area contributed by atoms with Gasteiger partial charge in [0.2, 0.25) is 0 Å². The van der Waals surface area contributed by atoms with Gasteiger partial charge in [-0.25, -0.2) is 0 Å². The van der Waals surface area contributed by atoms with Gasteiger partial charge in [0.15, 0.2) is 11.5 Å². The van der Waals surface area contributed by atoms with Crippen molar-refractivity contribution in [3.8, 4) is 17.2 Å². The van der Waals surface area contributed by atoms with Crippen LogP contribution in [0.25, 0.3) is 5.76 Å². The zero-order valence-electron chi connectivity index (χ0n) is 22.9. The Bertz CT molecular complexity index is 1380. The number of hydrogen-bond acceptors (Lipinski definition) is 7. The molecule has 3 aromatic rings. The summed E-state index contributed by atoms with van der Waals surface area (Å²) in [5, 5.41) is 11.5. The SMILES string of the molecule is COc1ccc([C@@H]2/C(=C(\O)c3ccc(OCc4ccccc4)cc3C)C(=O)C(=O)N2CCN(C)C)cc1OC. The van der Waals surface area contributed by atoms with E-state index in [0.29, 0.717) is 53.6 Å². The summed E-state index contributed by atoms with van der Waals surface area (Å²) in [5.74, 6) is 0.00889. The van der Waals surface area contributed by atoms with Crippen molar-refractivity contribution in [3.63, 3.8) is 0 Å². The van der Waals surface area contributed by atoms with E-state index in [9.17, 15) is 14.7 Å². The van der Waals surface area contributed by atoms with E-state index in [2.05, 4.69) is 0 Å². The Morgan fingerprint density at radius 1 is 0.949 bits per heavy atom. The standard InChI is InChI=1S/C31H34N2O6/c1-20-17-23(39-19-21-9-7-6-8-10-21)12-13-24(20)29(34)27-28(22-11-14-25(37-4)26(18-22)38-5)33(16-15-32(2)3)31(36)30(27)35/h6-14,17-18,28,34H,15-16,19H2,1-5H3/b29-27+/t28-/m1/s1. The van der Waals surface area contributed by atoms with E-state index in [1.807, 2.05) is 62.3 Å². The van der Waals surface area contributed by atoms with E-state index in [-0.39, 0.29) is 11.3 Å². The molecule has 1 amide bonds. The molecule has 0 aliphatic carbocycles. The fourth-order valence-corrected chi connectivity index (χ4v) is 4.67. The Labute approximate surface area is 229 Å². The van der Waals surface area contributed by atoms with E-state index in [1.54, 1.807) is 30.3 Å². The van der Waals surface area contributed by atoms with Crippen LogP contribution in [0.1, 0.15) is 28.3 Å². The van der Waals surface area contributed by atoms with Crippen LogP contribution in [-0.4, -0.2) is 68.0 Å². The molecule has 0 aromatic heterocycles. The molecule has 1 saturated heterocycles. The number of methoxy groups -OCH3 is 2. The topological polar surface area (TPSA) is 88.5 Å². The number of aryl methyl sites for hydroxylation is 1. The molecule has 0 radical (unpaired) electrons. The molecule has 3 aromatic carbocycles. The van der Waals surface area contributed by atoms with E-state index in [0.717, 1.165) is 5.56 Å². The van der Waals surface area contributed by atoms with Crippen LogP contribution in [0.2, 0.25) is 0 Å². The van der Waals surface area contributed by atoms with Gasteiger partial charge in [-0.2, -0.15) is 0 Å². The first-order valence-electron chi connectivity index (χ1n) is 12.7. The highest BCUT2D eigenvalue weighted by Gasteiger charge is 2.46. The Hall–Kier alpha value is -4.30. The molecule has 204 valence electrons. The van der Waals surface area contributed by atoms with E-state index < -0.39 is 17.7 Å². The van der Waals surface area contributed by atoms with Gasteiger partial charge in [0.05, 0.1) is 25.8 Å². The molecule has 0 spiro atoms. The minimum Gasteiger partial charge on any atom is -0.507 e. The zero-order chi connectivity index (χ0) is 28.1. The molecule has 1 N–H and O–H groups in total. The second-order valence-electron chi connectivity index (χ2n) is 9.66. The molecule has 39 heavy (non-hydrogen) atoms. The van der Waals surface area contributed by atoms with Crippen molar-refractivity contribution in [2.45, 2.75) is 19.6 Å². The van der Waals surface area contributed by atoms with Gasteiger partial charge in [0.25, 0.3) is 11.7 Å². The van der Waals surface area contributed by atoms with Crippen molar-refractivity contribution in [3.05, 3.63) is 94.6 Å². The quantitative estimate of drug-likeness (QED) is 0.233. The Balaban J connectivity index is 1.74. The van der Waals surface area contributed by atoms with E-state index in [4.69, 9.17) is 14.2 Å². The van der Waals surface area contributed by atoms with Crippen LogP contribution in [0.15, 0.2) is 72.3 Å². The lowest BCUT2D eigenvalue weighted by molar-refractivity contribution is -0.140. The number of nitrogens with zero attached hydrogens (tertiary/aromatic N) is 2. The molecule has 4 rings (SSSR count). The van der Waals surface area contributed by atoms with Gasteiger partial charge in [0, 0.05) is 18.7 Å². The highest BCUT2D eigenvalue weighted by atomic mass is 16.5. The van der Waals surface area contributed by atoms with Gasteiger partial charge in [0.1, 0.15) is 18.1 Å². The second kappa shape index (κ2) is 12.0. The maximum atomic E-state index is 13.4. The average Bonchev–Trinajstić information content (AvgIpc) is 3.19. The molecule has 1 heterocycles. The Morgan fingerprint density at radius 2 is 1.67 bits per heavy atom. The molecule has 0 saturated carbocycles. The van der Waals surface area contributed by atoms with Crippen LogP contribution in [0.3, 0.4) is 0 Å². The average molecular weight is 531 g/mol. The van der Waals surface area contributed by atoms with Crippen LogP contribution in [0, 0.1) is 6.92 Å². The first-order chi connectivity index (χ1) is 18.7. The lowest BCUT2D eigenvalue weighted by Crippen LogP contribution is -2.35. The van der Waals surface area contributed by atoms with Crippen LogP contribution in [0.4, 0.5) is 0 Å². The number of likely N-dealkylation sites (N-methyl/N-ethyl adjacent to an activating group) is 1. The van der Waals surface area contributed by atoms with Gasteiger partial charge in [-0.1, -0.05) is 36.4 Å². The molecule has 8 nitrogen and oxygen atoms in total. The maximum Gasteiger partial charge on any atom is 0.295 e. The molecule has 8 heteroatoms. The fraction of sp³-hybridized carbons (Fsp3) is 0.290. The summed E-state index contributed by atoms with van der Waals surface area (Å²) in [6, 6.07) is 19.5. The highest BCUT2D eigenvalue weighted by Crippen LogP contribution is 2.42. The third kappa shape index (κ3) is 5.91. The Kier molecular flexibility index (Phi) is 8.56. The van der Waals surface area contributed by atoms with E-state index >= 15 is 0 Å². The largest absolute Gasteiger partial charge is 0.507 e. The second-order valence-corrected chi connectivity index (χ2v) is 9.66. The van der Waals surface area contributed by atoms with Crippen molar-refractivity contribution < 1.29 is 28.9 Å². The van der Waals surface area contributed by atoms with Gasteiger partial charge < -0.3 is 29.1 Å². The number of carbonyl (C=O) groups is 2. The van der Waals surface area contributed by atoms with Gasteiger partial charge in [-0.15, -0.1) is 0 Å². The molecule has 0 unspecified atom stereocenters. The number of likely N-dealkylation sites (tertiary alicyclic amines) is 1. The van der Waals surface area contributed by atoms with Crippen molar-refractivity contribution in [2.75, 3.05) is 41.4 Å². The maximum absolute atomic E-state index is 13.4. The fourth-order valence-electron chi connectivity index (χ4n) is 4.67. The number of aliphatic hydroxyl groups excluding tert-OH is 1. The molecule has 1 aliphatic rings. The molecule has 0 bridgehead atoms. The van der Waals surface area contributed by atoms with Crippen molar-refractivity contribution in [1.29, 1.82) is 0 Å². The van der Waals surface area contributed by atoms with Gasteiger partial charge in [-0.05, 0) is 68.0 Å². The first-order valence-corrected chi connectivity index (χ1v) is 12.7. The van der Waals surface area contributed by atoms with Crippen LogP contribution in [-0.2, 0) is 16.2 Å². The minimum absolute atomic E-state index is 0.0343. The van der Waals surface area contributed by atoms with Gasteiger partial charge >= 0.3 is 0 Å². The number of amides is 1. The normalized spacial score (nSPS) is 16.6. The lowest BCUT2D eigenvalue weighted by Gasteiger charge is -2.27. The van der Waals surface area contributed by atoms with Crippen LogP contribution < -0.4 is 14.2 Å². The smallest absolute Gasteiger partial charge is 0.295 e. The summed E-state index contributed by atoms with van der Waals surface area (Å²) in [5.41, 5.74) is 2.87. The molecule has 1 fully saturated rings. The zero-order valence-corrected chi connectivity index (χ0v) is 22.9. The first kappa shape index (κ1) is 27.7. The van der Waals surface area contributed by atoms with Crippen molar-refractivity contribution in [1.82, 2.24) is 9.80 Å².